The van der Waals surface area contributed by atoms with E-state index in [1.54, 1.807) is 7.11 Å². The zero-order chi connectivity index (χ0) is 13.1. The number of rotatable bonds is 2. The summed E-state index contributed by atoms with van der Waals surface area (Å²) in [6.45, 7) is 5.17. The van der Waals surface area contributed by atoms with Crippen LogP contribution in [0.5, 0.6) is 11.5 Å². The van der Waals surface area contributed by atoms with E-state index in [4.69, 9.17) is 9.47 Å². The van der Waals surface area contributed by atoms with Gasteiger partial charge in [0.25, 0.3) is 0 Å². The van der Waals surface area contributed by atoms with Crippen LogP contribution in [0.15, 0.2) is 18.2 Å². The van der Waals surface area contributed by atoms with Crippen molar-refractivity contribution in [2.75, 3.05) is 39.9 Å². The summed E-state index contributed by atoms with van der Waals surface area (Å²) in [7, 11) is 1.71. The van der Waals surface area contributed by atoms with Crippen LogP contribution in [0.3, 0.4) is 0 Å². The maximum Gasteiger partial charge on any atom is 0.165 e. The molecule has 1 aromatic carbocycles. The molecule has 0 aliphatic carbocycles. The van der Waals surface area contributed by atoms with E-state index < -0.39 is 0 Å². The van der Waals surface area contributed by atoms with Gasteiger partial charge in [-0.25, -0.2) is 0 Å². The average molecular weight is 262 g/mol. The number of nitrogens with zero attached hydrogens (tertiary/aromatic N) is 1. The minimum Gasteiger partial charge on any atom is -0.493 e. The van der Waals surface area contributed by atoms with E-state index in [1.165, 1.54) is 12.0 Å². The lowest BCUT2D eigenvalue weighted by atomic mass is 9.99. The molecule has 1 N–H and O–H groups in total. The number of fused-ring (bicyclic) bond motifs is 1. The smallest absolute Gasteiger partial charge is 0.165 e. The zero-order valence-corrected chi connectivity index (χ0v) is 11.5. The summed E-state index contributed by atoms with van der Waals surface area (Å²) in [5.74, 6) is 1.81. The van der Waals surface area contributed by atoms with E-state index in [0.29, 0.717) is 6.04 Å². The molecule has 4 heteroatoms. The van der Waals surface area contributed by atoms with Gasteiger partial charge in [0.15, 0.2) is 11.5 Å². The molecule has 2 heterocycles. The molecule has 0 spiro atoms. The monoisotopic (exact) mass is 262 g/mol. The first-order chi connectivity index (χ1) is 9.40. The predicted molar refractivity (Wildman–Crippen MR) is 74.9 cm³/mol. The van der Waals surface area contributed by atoms with Crippen LogP contribution in [0.2, 0.25) is 0 Å². The molecule has 0 saturated carbocycles. The van der Waals surface area contributed by atoms with E-state index in [9.17, 15) is 0 Å². The van der Waals surface area contributed by atoms with Crippen molar-refractivity contribution in [3.63, 3.8) is 0 Å². The van der Waals surface area contributed by atoms with Crippen molar-refractivity contribution >= 4 is 0 Å². The van der Waals surface area contributed by atoms with E-state index in [-0.39, 0.29) is 0 Å². The highest BCUT2D eigenvalue weighted by Gasteiger charge is 2.28. The topological polar surface area (TPSA) is 33.7 Å². The van der Waals surface area contributed by atoms with Crippen molar-refractivity contribution in [2.45, 2.75) is 18.9 Å². The molecule has 0 bridgehead atoms. The second kappa shape index (κ2) is 5.80. The normalized spacial score (nSPS) is 24.2. The maximum atomic E-state index is 5.92. The van der Waals surface area contributed by atoms with Gasteiger partial charge < -0.3 is 14.8 Å². The van der Waals surface area contributed by atoms with Crippen LogP contribution in [0.4, 0.5) is 0 Å². The Morgan fingerprint density at radius 1 is 1.32 bits per heavy atom. The third-order valence-electron chi connectivity index (χ3n) is 4.05. The standard InChI is InChI=1S/C15H22N2O2/c1-18-14-6-2-4-12-13(5-3-11-19-15(12)14)17-9-7-16-8-10-17/h2,4,6,13,16H,3,5,7-11H2,1H3. The Morgan fingerprint density at radius 3 is 2.95 bits per heavy atom. The highest BCUT2D eigenvalue weighted by molar-refractivity contribution is 5.48. The fraction of sp³-hybridized carbons (Fsp3) is 0.600. The Bertz CT molecular complexity index is 430. The molecule has 1 unspecified atom stereocenters. The van der Waals surface area contributed by atoms with Gasteiger partial charge in [0.1, 0.15) is 0 Å². The summed E-state index contributed by atoms with van der Waals surface area (Å²) < 4.78 is 11.4. The van der Waals surface area contributed by atoms with Gasteiger partial charge in [0, 0.05) is 37.8 Å². The van der Waals surface area contributed by atoms with E-state index in [0.717, 1.165) is 50.7 Å². The average Bonchev–Trinajstić information content (AvgIpc) is 2.70. The number of methoxy groups -OCH3 is 1. The SMILES string of the molecule is COc1cccc2c1OCCCC2N1CCNCC1. The van der Waals surface area contributed by atoms with Crippen molar-refractivity contribution in [3.05, 3.63) is 23.8 Å². The number of hydrogen-bond acceptors (Lipinski definition) is 4. The zero-order valence-electron chi connectivity index (χ0n) is 11.5. The van der Waals surface area contributed by atoms with Crippen molar-refractivity contribution < 1.29 is 9.47 Å². The predicted octanol–water partition coefficient (Wildman–Crippen LogP) is 1.81. The fourth-order valence-electron chi connectivity index (χ4n) is 3.09. The summed E-state index contributed by atoms with van der Waals surface area (Å²) in [5.41, 5.74) is 1.29. The van der Waals surface area contributed by atoms with Crippen LogP contribution < -0.4 is 14.8 Å². The summed E-state index contributed by atoms with van der Waals surface area (Å²) in [6.07, 6.45) is 2.27. The Kier molecular flexibility index (Phi) is 3.89. The highest BCUT2D eigenvalue weighted by atomic mass is 16.5. The maximum absolute atomic E-state index is 5.92. The third-order valence-corrected chi connectivity index (χ3v) is 4.05. The lowest BCUT2D eigenvalue weighted by molar-refractivity contribution is 0.165. The molecule has 19 heavy (non-hydrogen) atoms. The molecule has 2 aliphatic heterocycles. The number of benzene rings is 1. The second-order valence-corrected chi connectivity index (χ2v) is 5.17. The molecule has 2 aliphatic rings. The molecule has 0 radical (unpaired) electrons. The van der Waals surface area contributed by atoms with Crippen molar-refractivity contribution in [1.29, 1.82) is 0 Å². The molecular weight excluding hydrogens is 240 g/mol. The van der Waals surface area contributed by atoms with E-state index in [2.05, 4.69) is 22.3 Å². The fourth-order valence-corrected chi connectivity index (χ4v) is 3.09. The quantitative estimate of drug-likeness (QED) is 0.881. The molecule has 3 rings (SSSR count). The molecule has 1 fully saturated rings. The van der Waals surface area contributed by atoms with Crippen LogP contribution in [0, 0.1) is 0 Å². The highest BCUT2D eigenvalue weighted by Crippen LogP contribution is 2.41. The van der Waals surface area contributed by atoms with Gasteiger partial charge >= 0.3 is 0 Å². The lowest BCUT2D eigenvalue weighted by Crippen LogP contribution is -2.45. The second-order valence-electron chi connectivity index (χ2n) is 5.17. The number of para-hydroxylation sites is 1. The molecule has 0 amide bonds. The molecule has 1 atom stereocenters. The van der Waals surface area contributed by atoms with Crippen molar-refractivity contribution in [2.24, 2.45) is 0 Å². The van der Waals surface area contributed by atoms with E-state index >= 15 is 0 Å². The first kappa shape index (κ1) is 12.8. The Hall–Kier alpha value is -1.26. The summed E-state index contributed by atoms with van der Waals surface area (Å²) in [6, 6.07) is 6.71. The minimum atomic E-state index is 0.467. The van der Waals surface area contributed by atoms with Gasteiger partial charge in [-0.3, -0.25) is 4.90 Å². The van der Waals surface area contributed by atoms with Crippen LogP contribution in [-0.2, 0) is 0 Å². The van der Waals surface area contributed by atoms with Crippen LogP contribution in [0.1, 0.15) is 24.4 Å². The summed E-state index contributed by atoms with van der Waals surface area (Å²) >= 11 is 0. The van der Waals surface area contributed by atoms with Gasteiger partial charge in [-0.2, -0.15) is 0 Å². The van der Waals surface area contributed by atoms with E-state index in [1.807, 2.05) is 6.07 Å². The van der Waals surface area contributed by atoms with Gasteiger partial charge in [-0.1, -0.05) is 12.1 Å². The molecule has 1 saturated heterocycles. The molecule has 4 nitrogen and oxygen atoms in total. The van der Waals surface area contributed by atoms with Gasteiger partial charge in [0.2, 0.25) is 0 Å². The van der Waals surface area contributed by atoms with Gasteiger partial charge in [-0.15, -0.1) is 0 Å². The van der Waals surface area contributed by atoms with Crippen LogP contribution >= 0.6 is 0 Å². The first-order valence-electron chi connectivity index (χ1n) is 7.14. The number of hydrogen-bond donors (Lipinski definition) is 1. The summed E-state index contributed by atoms with van der Waals surface area (Å²) in [4.78, 5) is 2.57. The largest absolute Gasteiger partial charge is 0.493 e. The van der Waals surface area contributed by atoms with Crippen LogP contribution in [0.25, 0.3) is 0 Å². The van der Waals surface area contributed by atoms with Gasteiger partial charge in [-0.05, 0) is 18.9 Å². The van der Waals surface area contributed by atoms with Crippen molar-refractivity contribution in [1.82, 2.24) is 10.2 Å². The lowest BCUT2D eigenvalue weighted by Gasteiger charge is -2.35. The molecule has 104 valence electrons. The number of piperazine rings is 1. The summed E-state index contributed by atoms with van der Waals surface area (Å²) in [5, 5.41) is 3.42. The van der Waals surface area contributed by atoms with Crippen molar-refractivity contribution in [3.8, 4) is 11.5 Å². The molecule has 1 aromatic rings. The first-order valence-corrected chi connectivity index (χ1v) is 7.14. The number of nitrogens with one attached hydrogen (secondary N) is 1. The molecular formula is C15H22N2O2. The Labute approximate surface area is 114 Å². The third kappa shape index (κ3) is 2.55. The van der Waals surface area contributed by atoms with Crippen LogP contribution in [-0.4, -0.2) is 44.8 Å². The van der Waals surface area contributed by atoms with Gasteiger partial charge in [0.05, 0.1) is 13.7 Å². The Balaban J connectivity index is 1.94. The minimum absolute atomic E-state index is 0.467. The molecule has 0 aromatic heterocycles. The number of ether oxygens (including phenoxy) is 2. The Morgan fingerprint density at radius 2 is 2.16 bits per heavy atom.